The predicted molar refractivity (Wildman–Crippen MR) is 89.2 cm³/mol. The summed E-state index contributed by atoms with van der Waals surface area (Å²) in [6.07, 6.45) is 0.689. The highest BCUT2D eigenvalue weighted by Crippen LogP contribution is 2.18. The summed E-state index contributed by atoms with van der Waals surface area (Å²) >= 11 is 0. The molecular weight excluding hydrogens is 336 g/mol. The maximum absolute atomic E-state index is 12.2. The van der Waals surface area contributed by atoms with Gasteiger partial charge in [-0.05, 0) is 42.8 Å². The minimum Gasteiger partial charge on any atom is -0.280 e. The van der Waals surface area contributed by atoms with Gasteiger partial charge in [-0.25, -0.2) is 21.6 Å². The third-order valence-corrected chi connectivity index (χ3v) is 5.89. The van der Waals surface area contributed by atoms with Gasteiger partial charge in [-0.3, -0.25) is 4.72 Å². The maximum Gasteiger partial charge on any atom is 0.261 e. The Balaban J connectivity index is 2.18. The lowest BCUT2D eigenvalue weighted by atomic mass is 10.3. The highest BCUT2D eigenvalue weighted by molar-refractivity contribution is 7.92. The Hall–Kier alpha value is -1.90. The molecule has 0 radical (unpaired) electrons. The summed E-state index contributed by atoms with van der Waals surface area (Å²) in [5, 5.41) is 0. The zero-order valence-electron chi connectivity index (χ0n) is 12.6. The third-order valence-electron chi connectivity index (χ3n) is 3.01. The van der Waals surface area contributed by atoms with E-state index in [0.717, 1.165) is 0 Å². The molecule has 0 saturated heterocycles. The second-order valence-corrected chi connectivity index (χ2v) is 8.29. The predicted octanol–water partition coefficient (Wildman–Crippen LogP) is 2.18. The molecule has 0 bridgehead atoms. The monoisotopic (exact) mass is 354 g/mol. The van der Waals surface area contributed by atoms with Gasteiger partial charge in [-0.2, -0.15) is 0 Å². The van der Waals surface area contributed by atoms with E-state index in [1.807, 2.05) is 6.92 Å². The zero-order chi connectivity index (χ0) is 16.9. The summed E-state index contributed by atoms with van der Waals surface area (Å²) in [5.74, 6) is 0. The van der Waals surface area contributed by atoms with Gasteiger partial charge in [0.2, 0.25) is 10.0 Å². The van der Waals surface area contributed by atoms with E-state index in [9.17, 15) is 16.8 Å². The first kappa shape index (κ1) is 17.5. The van der Waals surface area contributed by atoms with E-state index in [1.165, 1.54) is 36.4 Å². The van der Waals surface area contributed by atoms with E-state index < -0.39 is 20.0 Å². The lowest BCUT2D eigenvalue weighted by molar-refractivity contribution is 0.581. The quantitative estimate of drug-likeness (QED) is 0.797. The molecule has 2 aromatic carbocycles. The number of rotatable bonds is 7. The summed E-state index contributed by atoms with van der Waals surface area (Å²) in [4.78, 5) is 0.231. The normalized spacial score (nSPS) is 12.0. The van der Waals surface area contributed by atoms with Gasteiger partial charge in [-0.1, -0.05) is 25.1 Å². The summed E-state index contributed by atoms with van der Waals surface area (Å²) in [6.45, 7) is 2.22. The van der Waals surface area contributed by atoms with E-state index in [-0.39, 0.29) is 9.79 Å². The Morgan fingerprint density at radius 3 is 1.91 bits per heavy atom. The summed E-state index contributed by atoms with van der Waals surface area (Å²) < 4.78 is 53.2. The van der Waals surface area contributed by atoms with Crippen molar-refractivity contribution in [3.8, 4) is 0 Å². The van der Waals surface area contributed by atoms with E-state index in [2.05, 4.69) is 9.44 Å². The van der Waals surface area contributed by atoms with Crippen molar-refractivity contribution in [2.75, 3.05) is 11.3 Å². The van der Waals surface area contributed by atoms with E-state index in [1.54, 1.807) is 18.2 Å². The number of sulfonamides is 2. The molecule has 0 atom stereocenters. The number of hydrogen-bond donors (Lipinski definition) is 2. The lowest BCUT2D eigenvalue weighted by Gasteiger charge is -2.09. The van der Waals surface area contributed by atoms with Crippen molar-refractivity contribution in [3.63, 3.8) is 0 Å². The van der Waals surface area contributed by atoms with E-state index in [0.29, 0.717) is 18.7 Å². The Kier molecular flexibility index (Phi) is 5.40. The number of nitrogens with one attached hydrogen (secondary N) is 2. The van der Waals surface area contributed by atoms with Gasteiger partial charge in [-0.15, -0.1) is 0 Å². The van der Waals surface area contributed by atoms with Crippen LogP contribution in [0, 0.1) is 0 Å². The van der Waals surface area contributed by atoms with Crippen LogP contribution in [0.15, 0.2) is 64.4 Å². The molecule has 8 heteroatoms. The molecule has 2 rings (SSSR count). The second kappa shape index (κ2) is 7.12. The van der Waals surface area contributed by atoms with Crippen molar-refractivity contribution < 1.29 is 16.8 Å². The molecule has 0 heterocycles. The molecule has 0 spiro atoms. The van der Waals surface area contributed by atoms with Gasteiger partial charge in [0.15, 0.2) is 0 Å². The van der Waals surface area contributed by atoms with Crippen molar-refractivity contribution in [2.45, 2.75) is 23.1 Å². The molecule has 6 nitrogen and oxygen atoms in total. The molecule has 0 unspecified atom stereocenters. The van der Waals surface area contributed by atoms with Crippen molar-refractivity contribution in [3.05, 3.63) is 54.6 Å². The van der Waals surface area contributed by atoms with Crippen LogP contribution in [0.5, 0.6) is 0 Å². The van der Waals surface area contributed by atoms with E-state index >= 15 is 0 Å². The fourth-order valence-corrected chi connectivity index (χ4v) is 4.05. The molecule has 0 saturated carbocycles. The number of hydrogen-bond acceptors (Lipinski definition) is 4. The first-order valence-electron chi connectivity index (χ1n) is 7.03. The molecule has 124 valence electrons. The number of benzene rings is 2. The van der Waals surface area contributed by atoms with Gasteiger partial charge in [0.25, 0.3) is 10.0 Å². The van der Waals surface area contributed by atoms with Crippen LogP contribution in [0.2, 0.25) is 0 Å². The molecule has 0 aliphatic heterocycles. The van der Waals surface area contributed by atoms with Crippen molar-refractivity contribution in [1.29, 1.82) is 0 Å². The first-order valence-corrected chi connectivity index (χ1v) is 9.99. The molecule has 0 aliphatic rings. The molecule has 0 aliphatic carbocycles. The summed E-state index contributed by atoms with van der Waals surface area (Å²) in [7, 11) is -7.25. The van der Waals surface area contributed by atoms with Crippen LogP contribution in [0.3, 0.4) is 0 Å². The Bertz CT molecular complexity index is 846. The third kappa shape index (κ3) is 4.54. The molecular formula is C15H18N2O4S2. The average Bonchev–Trinajstić information content (AvgIpc) is 2.54. The first-order chi connectivity index (χ1) is 10.8. The SMILES string of the molecule is CCCNS(=O)(=O)c1ccc(NS(=O)(=O)c2ccccc2)cc1. The van der Waals surface area contributed by atoms with Crippen LogP contribution in [0.25, 0.3) is 0 Å². The fraction of sp³-hybridized carbons (Fsp3) is 0.200. The van der Waals surface area contributed by atoms with Crippen molar-refractivity contribution in [1.82, 2.24) is 4.72 Å². The molecule has 0 fully saturated rings. The molecule has 0 amide bonds. The molecule has 23 heavy (non-hydrogen) atoms. The lowest BCUT2D eigenvalue weighted by Crippen LogP contribution is -2.24. The smallest absolute Gasteiger partial charge is 0.261 e. The van der Waals surface area contributed by atoms with E-state index in [4.69, 9.17) is 0 Å². The summed E-state index contributed by atoms with van der Waals surface area (Å²) in [6, 6.07) is 13.5. The van der Waals surface area contributed by atoms with Crippen LogP contribution < -0.4 is 9.44 Å². The standard InChI is InChI=1S/C15H18N2O4S2/c1-2-12-16-22(18,19)15-10-8-13(9-11-15)17-23(20,21)14-6-4-3-5-7-14/h3-11,16-17H,2,12H2,1H3. The van der Waals surface area contributed by atoms with Crippen LogP contribution in [0.4, 0.5) is 5.69 Å². The van der Waals surface area contributed by atoms with Gasteiger partial charge in [0, 0.05) is 12.2 Å². The Morgan fingerprint density at radius 2 is 1.35 bits per heavy atom. The second-order valence-electron chi connectivity index (χ2n) is 4.84. The minimum absolute atomic E-state index is 0.0913. The number of anilines is 1. The van der Waals surface area contributed by atoms with Crippen LogP contribution in [-0.2, 0) is 20.0 Å². The van der Waals surface area contributed by atoms with Crippen LogP contribution in [-0.4, -0.2) is 23.4 Å². The van der Waals surface area contributed by atoms with Crippen molar-refractivity contribution in [2.24, 2.45) is 0 Å². The summed E-state index contributed by atoms with van der Waals surface area (Å²) in [5.41, 5.74) is 0.295. The van der Waals surface area contributed by atoms with Crippen molar-refractivity contribution >= 4 is 25.7 Å². The highest BCUT2D eigenvalue weighted by atomic mass is 32.2. The van der Waals surface area contributed by atoms with Gasteiger partial charge in [0.1, 0.15) is 0 Å². The molecule has 2 aromatic rings. The Labute approximate surface area is 136 Å². The highest BCUT2D eigenvalue weighted by Gasteiger charge is 2.15. The average molecular weight is 354 g/mol. The molecule has 2 N–H and O–H groups in total. The topological polar surface area (TPSA) is 92.3 Å². The fourth-order valence-electron chi connectivity index (χ4n) is 1.84. The maximum atomic E-state index is 12.2. The minimum atomic E-state index is -3.69. The largest absolute Gasteiger partial charge is 0.280 e. The Morgan fingerprint density at radius 1 is 0.783 bits per heavy atom. The van der Waals surface area contributed by atoms with Crippen LogP contribution in [0.1, 0.15) is 13.3 Å². The molecule has 0 aromatic heterocycles. The van der Waals surface area contributed by atoms with Gasteiger partial charge >= 0.3 is 0 Å². The van der Waals surface area contributed by atoms with Gasteiger partial charge in [0.05, 0.1) is 9.79 Å². The zero-order valence-corrected chi connectivity index (χ0v) is 14.2. The van der Waals surface area contributed by atoms with Crippen LogP contribution >= 0.6 is 0 Å². The van der Waals surface area contributed by atoms with Gasteiger partial charge < -0.3 is 0 Å².